The summed E-state index contributed by atoms with van der Waals surface area (Å²) >= 11 is 3.59. The van der Waals surface area contributed by atoms with Gasteiger partial charge in [-0.1, -0.05) is 40.2 Å². The van der Waals surface area contributed by atoms with Gasteiger partial charge in [-0.15, -0.1) is 0 Å². The van der Waals surface area contributed by atoms with Crippen LogP contribution in [0.5, 0.6) is 0 Å². The highest BCUT2D eigenvalue weighted by molar-refractivity contribution is 9.10. The van der Waals surface area contributed by atoms with Gasteiger partial charge < -0.3 is 10.4 Å². The van der Waals surface area contributed by atoms with Crippen molar-refractivity contribution < 1.29 is 9.90 Å². The number of rotatable bonds is 2. The Hall–Kier alpha value is -1.81. The molecule has 2 aromatic carbocycles. The fraction of sp³-hybridized carbons (Fsp3) is 0.381. The smallest absolute Gasteiger partial charge is 0.337 e. The number of aromatic carboxylic acids is 1. The van der Waals surface area contributed by atoms with Gasteiger partial charge in [-0.2, -0.15) is 0 Å². The molecule has 2 aromatic rings. The normalized spacial score (nSPS) is 32.0. The first-order valence-electron chi connectivity index (χ1n) is 9.01. The van der Waals surface area contributed by atoms with E-state index in [4.69, 9.17) is 0 Å². The molecule has 5 unspecified atom stereocenters. The minimum atomic E-state index is -0.848. The Morgan fingerprint density at radius 1 is 1.12 bits per heavy atom. The predicted octanol–water partition coefficient (Wildman–Crippen LogP) is 5.44. The van der Waals surface area contributed by atoms with Crippen molar-refractivity contribution in [2.45, 2.75) is 31.2 Å². The number of nitrogens with one attached hydrogen (secondary N) is 1. The molecule has 5 atom stereocenters. The van der Waals surface area contributed by atoms with Crippen molar-refractivity contribution in [2.75, 3.05) is 5.32 Å². The van der Waals surface area contributed by atoms with E-state index in [9.17, 15) is 9.90 Å². The summed E-state index contributed by atoms with van der Waals surface area (Å²) in [7, 11) is 0. The Morgan fingerprint density at radius 2 is 1.92 bits per heavy atom. The quantitative estimate of drug-likeness (QED) is 0.708. The van der Waals surface area contributed by atoms with E-state index in [2.05, 4.69) is 45.5 Å². The lowest BCUT2D eigenvalue weighted by atomic mass is 9.67. The molecule has 3 aliphatic rings. The molecule has 0 saturated heterocycles. The van der Waals surface area contributed by atoms with Crippen LogP contribution in [0.15, 0.2) is 46.9 Å². The number of hydrogen-bond donors (Lipinski definition) is 2. The minimum Gasteiger partial charge on any atom is -0.478 e. The second-order valence-corrected chi connectivity index (χ2v) is 8.60. The standard InChI is InChI=1S/C21H20BrNO2/c22-14-4-1-3-13(10-14)19-18-12-8-7-11(9-12)17(18)15-5-2-6-16(21(24)25)20(15)23-19/h1-6,10-12,17-19,23H,7-9H2,(H,24,25). The van der Waals surface area contributed by atoms with Gasteiger partial charge in [0.2, 0.25) is 0 Å². The molecule has 25 heavy (non-hydrogen) atoms. The molecule has 128 valence electrons. The summed E-state index contributed by atoms with van der Waals surface area (Å²) in [5.41, 5.74) is 3.72. The molecule has 3 nitrogen and oxygen atoms in total. The molecule has 2 aliphatic carbocycles. The van der Waals surface area contributed by atoms with Crippen LogP contribution < -0.4 is 5.32 Å². The molecule has 0 amide bonds. The van der Waals surface area contributed by atoms with Crippen LogP contribution in [0, 0.1) is 17.8 Å². The van der Waals surface area contributed by atoms with Gasteiger partial charge in [-0.25, -0.2) is 4.79 Å². The third-order valence-electron chi connectivity index (χ3n) is 6.56. The molecule has 4 heteroatoms. The summed E-state index contributed by atoms with van der Waals surface area (Å²) in [6.07, 6.45) is 3.89. The number of fused-ring (bicyclic) bond motifs is 7. The van der Waals surface area contributed by atoms with Crippen molar-refractivity contribution in [2.24, 2.45) is 17.8 Å². The Labute approximate surface area is 155 Å². The van der Waals surface area contributed by atoms with E-state index < -0.39 is 5.97 Å². The lowest BCUT2D eigenvalue weighted by Gasteiger charge is -2.44. The van der Waals surface area contributed by atoms with Gasteiger partial charge in [0.25, 0.3) is 0 Å². The average molecular weight is 398 g/mol. The summed E-state index contributed by atoms with van der Waals surface area (Å²) < 4.78 is 1.07. The van der Waals surface area contributed by atoms with Gasteiger partial charge in [0.15, 0.2) is 0 Å². The maximum Gasteiger partial charge on any atom is 0.337 e. The molecule has 0 radical (unpaired) electrons. The highest BCUT2D eigenvalue weighted by Crippen LogP contribution is 2.64. The molecular weight excluding hydrogens is 378 g/mol. The fourth-order valence-corrected chi connectivity index (χ4v) is 6.14. The van der Waals surface area contributed by atoms with Gasteiger partial charge >= 0.3 is 5.97 Å². The van der Waals surface area contributed by atoms with Crippen molar-refractivity contribution in [3.63, 3.8) is 0 Å². The van der Waals surface area contributed by atoms with E-state index in [0.717, 1.165) is 16.1 Å². The van der Waals surface area contributed by atoms with E-state index in [1.807, 2.05) is 12.1 Å². The molecule has 2 saturated carbocycles. The highest BCUT2D eigenvalue weighted by atomic mass is 79.9. The van der Waals surface area contributed by atoms with Crippen LogP contribution in [0.2, 0.25) is 0 Å². The second kappa shape index (κ2) is 5.60. The molecule has 1 aliphatic heterocycles. The molecule has 0 spiro atoms. The number of carbonyl (C=O) groups is 1. The fourth-order valence-electron chi connectivity index (χ4n) is 5.72. The number of hydrogen-bond acceptors (Lipinski definition) is 2. The maximum atomic E-state index is 11.8. The van der Waals surface area contributed by atoms with E-state index in [-0.39, 0.29) is 6.04 Å². The largest absolute Gasteiger partial charge is 0.478 e. The van der Waals surface area contributed by atoms with Crippen LogP contribution in [0.3, 0.4) is 0 Å². The monoisotopic (exact) mass is 397 g/mol. The molecule has 2 bridgehead atoms. The Kier molecular flexibility index (Phi) is 3.46. The van der Waals surface area contributed by atoms with E-state index in [0.29, 0.717) is 23.3 Å². The number of anilines is 1. The van der Waals surface area contributed by atoms with Gasteiger partial charge in [0.1, 0.15) is 0 Å². The predicted molar refractivity (Wildman–Crippen MR) is 101 cm³/mol. The van der Waals surface area contributed by atoms with Crippen LogP contribution in [-0.2, 0) is 0 Å². The molecule has 2 fully saturated rings. The summed E-state index contributed by atoms with van der Waals surface area (Å²) in [5.74, 6) is 1.64. The average Bonchev–Trinajstić information content (AvgIpc) is 3.22. The van der Waals surface area contributed by atoms with Gasteiger partial charge in [0.05, 0.1) is 17.3 Å². The zero-order valence-electron chi connectivity index (χ0n) is 13.8. The van der Waals surface area contributed by atoms with Crippen LogP contribution in [-0.4, -0.2) is 11.1 Å². The lowest BCUT2D eigenvalue weighted by Crippen LogP contribution is -2.36. The number of carboxylic acids is 1. The van der Waals surface area contributed by atoms with Gasteiger partial charge in [-0.3, -0.25) is 0 Å². The van der Waals surface area contributed by atoms with Crippen molar-refractivity contribution in [1.29, 1.82) is 0 Å². The summed E-state index contributed by atoms with van der Waals surface area (Å²) in [5, 5.41) is 13.3. The number of para-hydroxylation sites is 1. The molecule has 5 rings (SSSR count). The first-order chi connectivity index (χ1) is 12.1. The highest BCUT2D eigenvalue weighted by Gasteiger charge is 2.54. The third kappa shape index (κ3) is 2.27. The Bertz CT molecular complexity index is 865. The zero-order valence-corrected chi connectivity index (χ0v) is 15.4. The topological polar surface area (TPSA) is 49.3 Å². The maximum absolute atomic E-state index is 11.8. The number of halogens is 1. The van der Waals surface area contributed by atoms with Gasteiger partial charge in [0, 0.05) is 4.47 Å². The molecule has 2 N–H and O–H groups in total. The van der Waals surface area contributed by atoms with E-state index in [1.54, 1.807) is 6.07 Å². The Balaban J connectivity index is 1.68. The number of benzene rings is 2. The Morgan fingerprint density at radius 3 is 2.72 bits per heavy atom. The zero-order chi connectivity index (χ0) is 17.1. The third-order valence-corrected chi connectivity index (χ3v) is 7.05. The summed E-state index contributed by atoms with van der Waals surface area (Å²) in [6.45, 7) is 0. The molecular formula is C21H20BrNO2. The van der Waals surface area contributed by atoms with Crippen LogP contribution in [0.1, 0.15) is 52.7 Å². The summed E-state index contributed by atoms with van der Waals surface area (Å²) in [6, 6.07) is 14.4. The SMILES string of the molecule is O=C(O)c1cccc2c1NC(c1cccc(Br)c1)C1C3CCC(C3)C21. The first-order valence-corrected chi connectivity index (χ1v) is 9.81. The lowest BCUT2D eigenvalue weighted by molar-refractivity contribution is 0.0697. The minimum absolute atomic E-state index is 0.186. The van der Waals surface area contributed by atoms with Crippen molar-refractivity contribution in [3.8, 4) is 0 Å². The molecule has 1 heterocycles. The number of carboxylic acid groups (broad SMARTS) is 1. The van der Waals surface area contributed by atoms with Crippen molar-refractivity contribution >= 4 is 27.6 Å². The molecule has 0 aromatic heterocycles. The van der Waals surface area contributed by atoms with Crippen LogP contribution >= 0.6 is 15.9 Å². The van der Waals surface area contributed by atoms with Crippen molar-refractivity contribution in [1.82, 2.24) is 0 Å². The summed E-state index contributed by atoms with van der Waals surface area (Å²) in [4.78, 5) is 11.8. The van der Waals surface area contributed by atoms with E-state index in [1.165, 1.54) is 30.4 Å². The second-order valence-electron chi connectivity index (χ2n) is 7.69. The van der Waals surface area contributed by atoms with Crippen LogP contribution in [0.4, 0.5) is 5.69 Å². The van der Waals surface area contributed by atoms with E-state index >= 15 is 0 Å². The van der Waals surface area contributed by atoms with Gasteiger partial charge in [-0.05, 0) is 72.3 Å². The van der Waals surface area contributed by atoms with Crippen LogP contribution in [0.25, 0.3) is 0 Å². The van der Waals surface area contributed by atoms with Crippen molar-refractivity contribution in [3.05, 3.63) is 63.6 Å². The first kappa shape index (κ1) is 15.4.